The van der Waals surface area contributed by atoms with Crippen LogP contribution in [0, 0.1) is 30.6 Å². The van der Waals surface area contributed by atoms with Crippen molar-refractivity contribution in [2.45, 2.75) is 19.8 Å². The summed E-state index contributed by atoms with van der Waals surface area (Å²) in [5.41, 5.74) is 1.85. The minimum absolute atomic E-state index is 0.00269. The Labute approximate surface area is 118 Å². The van der Waals surface area contributed by atoms with Gasteiger partial charge >= 0.3 is 0 Å². The molecule has 20 heavy (non-hydrogen) atoms. The minimum Gasteiger partial charge on any atom is -0.274 e. The first-order valence-electron chi connectivity index (χ1n) is 7.29. The lowest BCUT2D eigenvalue weighted by molar-refractivity contribution is -0.124. The van der Waals surface area contributed by atoms with Crippen LogP contribution in [-0.2, 0) is 9.59 Å². The SMILES string of the molecule is Cc1ccc(N2C(=O)[C@@H]3[C@@H](C2=O)[C@H]2C=C[C@@H]3CC2)cc1. The van der Waals surface area contributed by atoms with Gasteiger partial charge in [0.15, 0.2) is 0 Å². The molecule has 1 aromatic carbocycles. The summed E-state index contributed by atoms with van der Waals surface area (Å²) >= 11 is 0. The van der Waals surface area contributed by atoms with Crippen LogP contribution in [-0.4, -0.2) is 11.8 Å². The number of benzene rings is 1. The predicted molar refractivity (Wildman–Crippen MR) is 76.0 cm³/mol. The molecule has 5 rings (SSSR count). The van der Waals surface area contributed by atoms with Crippen molar-refractivity contribution in [3.63, 3.8) is 0 Å². The van der Waals surface area contributed by atoms with Crippen LogP contribution in [0.15, 0.2) is 36.4 Å². The molecule has 3 aliphatic carbocycles. The molecule has 0 N–H and O–H groups in total. The van der Waals surface area contributed by atoms with Crippen LogP contribution in [0.2, 0.25) is 0 Å². The molecule has 2 bridgehead atoms. The normalized spacial score (nSPS) is 34.8. The van der Waals surface area contributed by atoms with E-state index in [9.17, 15) is 9.59 Å². The number of allylic oxidation sites excluding steroid dienone is 2. The molecule has 0 aromatic heterocycles. The summed E-state index contributed by atoms with van der Waals surface area (Å²) in [6.45, 7) is 2.00. The number of hydrogen-bond acceptors (Lipinski definition) is 2. The van der Waals surface area contributed by atoms with Gasteiger partial charge in [0.2, 0.25) is 11.8 Å². The van der Waals surface area contributed by atoms with Crippen molar-refractivity contribution in [3.05, 3.63) is 42.0 Å². The quantitative estimate of drug-likeness (QED) is 0.579. The molecular weight excluding hydrogens is 250 g/mol. The van der Waals surface area contributed by atoms with Crippen molar-refractivity contribution in [2.75, 3.05) is 4.90 Å². The molecule has 0 spiro atoms. The van der Waals surface area contributed by atoms with Crippen LogP contribution in [0.1, 0.15) is 18.4 Å². The summed E-state index contributed by atoms with van der Waals surface area (Å²) in [7, 11) is 0. The number of hydrogen-bond donors (Lipinski definition) is 0. The molecule has 3 heteroatoms. The second-order valence-corrected chi connectivity index (χ2v) is 6.19. The first-order chi connectivity index (χ1) is 9.66. The number of anilines is 1. The van der Waals surface area contributed by atoms with Gasteiger partial charge in [-0.1, -0.05) is 29.8 Å². The van der Waals surface area contributed by atoms with Crippen molar-refractivity contribution in [2.24, 2.45) is 23.7 Å². The van der Waals surface area contributed by atoms with E-state index in [4.69, 9.17) is 0 Å². The van der Waals surface area contributed by atoms with Gasteiger partial charge in [0.05, 0.1) is 17.5 Å². The van der Waals surface area contributed by atoms with E-state index in [1.54, 1.807) is 0 Å². The molecule has 2 fully saturated rings. The molecular formula is C17H17NO2. The fourth-order valence-corrected chi connectivity index (χ4v) is 4.02. The molecule has 102 valence electrons. The maximum Gasteiger partial charge on any atom is 0.238 e. The van der Waals surface area contributed by atoms with Gasteiger partial charge in [0.1, 0.15) is 0 Å². The average molecular weight is 267 g/mol. The highest BCUT2D eigenvalue weighted by atomic mass is 16.2. The van der Waals surface area contributed by atoms with Gasteiger partial charge in [-0.15, -0.1) is 0 Å². The van der Waals surface area contributed by atoms with E-state index in [1.807, 2.05) is 31.2 Å². The van der Waals surface area contributed by atoms with E-state index in [1.165, 1.54) is 4.90 Å². The second kappa shape index (κ2) is 4.05. The standard InChI is InChI=1S/C17H17NO2/c1-10-2-8-13(9-3-10)18-16(19)14-11-4-5-12(7-6-11)15(14)17(18)20/h2-5,8-9,11-12,14-15H,6-7H2,1H3/t11-,12+,14-,15-/m0/s1. The van der Waals surface area contributed by atoms with Crippen molar-refractivity contribution in [1.29, 1.82) is 0 Å². The van der Waals surface area contributed by atoms with E-state index >= 15 is 0 Å². The van der Waals surface area contributed by atoms with Gasteiger partial charge in [-0.25, -0.2) is 0 Å². The number of nitrogens with zero attached hydrogens (tertiary/aromatic N) is 1. The molecule has 0 radical (unpaired) electrons. The van der Waals surface area contributed by atoms with Gasteiger partial charge in [-0.3, -0.25) is 14.5 Å². The van der Waals surface area contributed by atoms with Crippen molar-refractivity contribution >= 4 is 17.5 Å². The van der Waals surface area contributed by atoms with Crippen molar-refractivity contribution in [3.8, 4) is 0 Å². The number of carbonyl (C=O) groups is 2. The first kappa shape index (κ1) is 11.9. The highest BCUT2D eigenvalue weighted by Crippen LogP contribution is 2.50. The Morgan fingerprint density at radius 3 is 1.85 bits per heavy atom. The summed E-state index contributed by atoms with van der Waals surface area (Å²) in [5.74, 6) is 0.291. The first-order valence-corrected chi connectivity index (χ1v) is 7.29. The highest BCUT2D eigenvalue weighted by Gasteiger charge is 2.56. The van der Waals surface area contributed by atoms with Gasteiger partial charge in [0, 0.05) is 0 Å². The summed E-state index contributed by atoms with van der Waals surface area (Å²) in [6, 6.07) is 7.64. The molecule has 1 saturated carbocycles. The van der Waals surface area contributed by atoms with Crippen molar-refractivity contribution in [1.82, 2.24) is 0 Å². The largest absolute Gasteiger partial charge is 0.274 e. The maximum absolute atomic E-state index is 12.7. The fraction of sp³-hybridized carbons (Fsp3) is 0.412. The molecule has 1 aliphatic heterocycles. The maximum atomic E-state index is 12.7. The highest BCUT2D eigenvalue weighted by molar-refractivity contribution is 6.22. The Bertz CT molecular complexity index is 584. The third-order valence-corrected chi connectivity index (χ3v) is 5.05. The lowest BCUT2D eigenvalue weighted by atomic mass is 9.63. The molecule has 4 atom stereocenters. The summed E-state index contributed by atoms with van der Waals surface area (Å²) in [5, 5.41) is 0. The second-order valence-electron chi connectivity index (χ2n) is 6.19. The minimum atomic E-state index is -0.118. The van der Waals surface area contributed by atoms with Crippen LogP contribution in [0.5, 0.6) is 0 Å². The van der Waals surface area contributed by atoms with Crippen LogP contribution in [0.25, 0.3) is 0 Å². The van der Waals surface area contributed by atoms with E-state index in [-0.39, 0.29) is 35.5 Å². The molecule has 1 saturated heterocycles. The Morgan fingerprint density at radius 2 is 1.40 bits per heavy atom. The van der Waals surface area contributed by atoms with Crippen LogP contribution in [0.3, 0.4) is 0 Å². The Hall–Kier alpha value is -1.90. The third-order valence-electron chi connectivity index (χ3n) is 5.05. The van der Waals surface area contributed by atoms with Gasteiger partial charge < -0.3 is 0 Å². The van der Waals surface area contributed by atoms with Crippen LogP contribution in [0.4, 0.5) is 5.69 Å². The van der Waals surface area contributed by atoms with Gasteiger partial charge in [-0.05, 0) is 43.7 Å². The molecule has 2 amide bonds. The summed E-state index contributed by atoms with van der Waals surface area (Å²) < 4.78 is 0. The van der Waals surface area contributed by atoms with E-state index < -0.39 is 0 Å². The monoisotopic (exact) mass is 267 g/mol. The Morgan fingerprint density at radius 1 is 0.900 bits per heavy atom. The smallest absolute Gasteiger partial charge is 0.238 e. The molecule has 3 nitrogen and oxygen atoms in total. The van der Waals surface area contributed by atoms with Crippen LogP contribution >= 0.6 is 0 Å². The zero-order chi connectivity index (χ0) is 13.9. The third kappa shape index (κ3) is 1.46. The number of fused-ring (bicyclic) bond motifs is 1. The topological polar surface area (TPSA) is 37.4 Å². The van der Waals surface area contributed by atoms with E-state index in [0.717, 1.165) is 24.1 Å². The molecule has 4 aliphatic rings. The Kier molecular flexibility index (Phi) is 2.40. The van der Waals surface area contributed by atoms with Gasteiger partial charge in [0.25, 0.3) is 0 Å². The van der Waals surface area contributed by atoms with Crippen molar-refractivity contribution < 1.29 is 9.59 Å². The number of aryl methyl sites for hydroxylation is 1. The number of imide groups is 1. The fourth-order valence-electron chi connectivity index (χ4n) is 4.02. The number of rotatable bonds is 1. The van der Waals surface area contributed by atoms with E-state index in [0.29, 0.717) is 0 Å². The molecule has 0 unspecified atom stereocenters. The average Bonchev–Trinajstić information content (AvgIpc) is 2.76. The summed E-state index contributed by atoms with van der Waals surface area (Å²) in [4.78, 5) is 26.8. The zero-order valence-corrected chi connectivity index (χ0v) is 11.5. The van der Waals surface area contributed by atoms with E-state index in [2.05, 4.69) is 12.2 Å². The predicted octanol–water partition coefficient (Wildman–Crippen LogP) is 2.70. The number of amides is 2. The summed E-state index contributed by atoms with van der Waals surface area (Å²) in [6.07, 6.45) is 6.39. The Balaban J connectivity index is 1.75. The zero-order valence-electron chi connectivity index (χ0n) is 11.5. The van der Waals surface area contributed by atoms with Crippen LogP contribution < -0.4 is 4.90 Å². The number of carbonyl (C=O) groups excluding carboxylic acids is 2. The lowest BCUT2D eigenvalue weighted by Crippen LogP contribution is -2.38. The molecule has 1 heterocycles. The molecule has 1 aromatic rings. The van der Waals surface area contributed by atoms with Gasteiger partial charge in [-0.2, -0.15) is 0 Å². The lowest BCUT2D eigenvalue weighted by Gasteiger charge is -2.38.